The van der Waals surface area contributed by atoms with E-state index in [0.29, 0.717) is 10.0 Å². The van der Waals surface area contributed by atoms with E-state index in [4.69, 9.17) is 34.8 Å². The smallest absolute Gasteiger partial charge is 0.0636 e. The van der Waals surface area contributed by atoms with Gasteiger partial charge in [0.1, 0.15) is 0 Å². The Balaban J connectivity index is 3.06. The van der Waals surface area contributed by atoms with Gasteiger partial charge in [-0.05, 0) is 37.0 Å². The summed E-state index contributed by atoms with van der Waals surface area (Å²) in [4.78, 5) is 0. The molecule has 0 heterocycles. The second-order valence-corrected chi connectivity index (χ2v) is 4.54. The van der Waals surface area contributed by atoms with Gasteiger partial charge in [-0.2, -0.15) is 0 Å². The van der Waals surface area contributed by atoms with Crippen LogP contribution in [0, 0.1) is 6.92 Å². The SMILES string of the molecule is CCCCc1cc(Cl)c(Cl)c(C)c1Cl. The number of hydrogen-bond acceptors (Lipinski definition) is 0. The maximum atomic E-state index is 6.16. The Kier molecular flexibility index (Phi) is 4.56. The van der Waals surface area contributed by atoms with Gasteiger partial charge in [0, 0.05) is 5.02 Å². The summed E-state index contributed by atoms with van der Waals surface area (Å²) < 4.78 is 0. The van der Waals surface area contributed by atoms with Crippen molar-refractivity contribution in [3.8, 4) is 0 Å². The number of unbranched alkanes of at least 4 members (excludes halogenated alkanes) is 1. The summed E-state index contributed by atoms with van der Waals surface area (Å²) in [7, 11) is 0. The van der Waals surface area contributed by atoms with Crippen molar-refractivity contribution in [2.75, 3.05) is 0 Å². The third-order valence-corrected chi connectivity index (χ3v) is 3.66. The molecule has 1 rings (SSSR count). The van der Waals surface area contributed by atoms with Gasteiger partial charge in [0.15, 0.2) is 0 Å². The molecule has 0 saturated carbocycles. The maximum Gasteiger partial charge on any atom is 0.0636 e. The van der Waals surface area contributed by atoms with Crippen LogP contribution in [0.4, 0.5) is 0 Å². The third-order valence-electron chi connectivity index (χ3n) is 2.25. The largest absolute Gasteiger partial charge is 0.0837 e. The fourth-order valence-electron chi connectivity index (χ4n) is 1.35. The van der Waals surface area contributed by atoms with Crippen molar-refractivity contribution in [3.05, 3.63) is 32.3 Å². The minimum atomic E-state index is 0.567. The van der Waals surface area contributed by atoms with Crippen molar-refractivity contribution in [1.29, 1.82) is 0 Å². The molecule has 1 aromatic carbocycles. The standard InChI is InChI=1S/C11H13Cl3/c1-3-4-5-8-6-9(12)11(14)7(2)10(8)13/h6H,3-5H2,1-2H3. The van der Waals surface area contributed by atoms with Gasteiger partial charge in [-0.1, -0.05) is 48.1 Å². The van der Waals surface area contributed by atoms with Crippen molar-refractivity contribution in [3.63, 3.8) is 0 Å². The monoisotopic (exact) mass is 250 g/mol. The molecular weight excluding hydrogens is 238 g/mol. The van der Waals surface area contributed by atoms with Crippen LogP contribution in [-0.4, -0.2) is 0 Å². The highest BCUT2D eigenvalue weighted by Crippen LogP contribution is 2.34. The first-order valence-electron chi connectivity index (χ1n) is 4.70. The topological polar surface area (TPSA) is 0 Å². The lowest BCUT2D eigenvalue weighted by molar-refractivity contribution is 0.795. The molecule has 1 aromatic rings. The average Bonchev–Trinajstić information content (AvgIpc) is 2.18. The fraction of sp³-hybridized carbons (Fsp3) is 0.455. The first kappa shape index (κ1) is 12.2. The average molecular weight is 252 g/mol. The van der Waals surface area contributed by atoms with E-state index in [1.165, 1.54) is 0 Å². The Hall–Kier alpha value is 0.0900. The molecule has 0 aromatic heterocycles. The third kappa shape index (κ3) is 2.56. The lowest BCUT2D eigenvalue weighted by Gasteiger charge is -2.09. The molecule has 0 aliphatic heterocycles. The predicted molar refractivity (Wildman–Crippen MR) is 64.8 cm³/mol. The Labute approximate surface area is 100 Å². The zero-order chi connectivity index (χ0) is 10.7. The maximum absolute atomic E-state index is 6.16. The summed E-state index contributed by atoms with van der Waals surface area (Å²) in [6.45, 7) is 4.05. The van der Waals surface area contributed by atoms with Gasteiger partial charge in [-0.3, -0.25) is 0 Å². The van der Waals surface area contributed by atoms with Crippen molar-refractivity contribution in [2.45, 2.75) is 33.1 Å². The minimum absolute atomic E-state index is 0.567. The van der Waals surface area contributed by atoms with Crippen molar-refractivity contribution < 1.29 is 0 Å². The van der Waals surface area contributed by atoms with Gasteiger partial charge in [0.05, 0.1) is 10.0 Å². The van der Waals surface area contributed by atoms with Gasteiger partial charge in [0.2, 0.25) is 0 Å². The second kappa shape index (κ2) is 5.25. The van der Waals surface area contributed by atoms with Crippen LogP contribution in [0.25, 0.3) is 0 Å². The van der Waals surface area contributed by atoms with Gasteiger partial charge >= 0.3 is 0 Å². The summed E-state index contributed by atoms with van der Waals surface area (Å²) in [5.74, 6) is 0. The molecule has 0 spiro atoms. The van der Waals surface area contributed by atoms with Crippen LogP contribution < -0.4 is 0 Å². The summed E-state index contributed by atoms with van der Waals surface area (Å²) in [6.07, 6.45) is 3.24. The number of benzene rings is 1. The summed E-state index contributed by atoms with van der Waals surface area (Å²) >= 11 is 18.1. The summed E-state index contributed by atoms with van der Waals surface area (Å²) in [5.41, 5.74) is 1.98. The van der Waals surface area contributed by atoms with E-state index in [1.807, 2.05) is 13.0 Å². The number of rotatable bonds is 3. The highest BCUT2D eigenvalue weighted by molar-refractivity contribution is 6.44. The summed E-state index contributed by atoms with van der Waals surface area (Å²) in [5, 5.41) is 1.92. The molecule has 0 bridgehead atoms. The molecule has 0 N–H and O–H groups in total. The minimum Gasteiger partial charge on any atom is -0.0837 e. The van der Waals surface area contributed by atoms with Crippen LogP contribution in [0.15, 0.2) is 6.07 Å². The van der Waals surface area contributed by atoms with E-state index < -0.39 is 0 Å². The van der Waals surface area contributed by atoms with Crippen LogP contribution in [0.2, 0.25) is 15.1 Å². The first-order chi connectivity index (χ1) is 6.57. The van der Waals surface area contributed by atoms with Gasteiger partial charge in [-0.25, -0.2) is 0 Å². The zero-order valence-electron chi connectivity index (χ0n) is 8.33. The van der Waals surface area contributed by atoms with Crippen LogP contribution in [0.5, 0.6) is 0 Å². The van der Waals surface area contributed by atoms with E-state index in [2.05, 4.69) is 6.92 Å². The summed E-state index contributed by atoms with van der Waals surface area (Å²) in [6, 6.07) is 1.87. The lowest BCUT2D eigenvalue weighted by atomic mass is 10.1. The van der Waals surface area contributed by atoms with Crippen molar-refractivity contribution >= 4 is 34.8 Å². The zero-order valence-corrected chi connectivity index (χ0v) is 10.6. The predicted octanol–water partition coefficient (Wildman–Crippen LogP) is 5.30. The molecule has 14 heavy (non-hydrogen) atoms. The molecule has 0 aliphatic carbocycles. The van der Waals surface area contributed by atoms with Crippen LogP contribution in [0.1, 0.15) is 30.9 Å². The fourth-order valence-corrected chi connectivity index (χ4v) is 2.06. The molecule has 0 fully saturated rings. The Bertz CT molecular complexity index is 332. The van der Waals surface area contributed by atoms with Gasteiger partial charge in [0.25, 0.3) is 0 Å². The van der Waals surface area contributed by atoms with E-state index in [9.17, 15) is 0 Å². The van der Waals surface area contributed by atoms with E-state index >= 15 is 0 Å². The molecular formula is C11H13Cl3. The lowest BCUT2D eigenvalue weighted by Crippen LogP contribution is -1.91. The van der Waals surface area contributed by atoms with Crippen molar-refractivity contribution in [2.24, 2.45) is 0 Å². The molecule has 0 atom stereocenters. The second-order valence-electron chi connectivity index (χ2n) is 3.37. The van der Waals surface area contributed by atoms with Gasteiger partial charge in [-0.15, -0.1) is 0 Å². The van der Waals surface area contributed by atoms with E-state index in [0.717, 1.165) is 35.4 Å². The molecule has 0 nitrogen and oxygen atoms in total. The van der Waals surface area contributed by atoms with Crippen LogP contribution in [0.3, 0.4) is 0 Å². The molecule has 0 radical (unpaired) electrons. The van der Waals surface area contributed by atoms with Crippen LogP contribution >= 0.6 is 34.8 Å². The first-order valence-corrected chi connectivity index (χ1v) is 5.84. The van der Waals surface area contributed by atoms with Gasteiger partial charge < -0.3 is 0 Å². The van der Waals surface area contributed by atoms with E-state index in [-0.39, 0.29) is 0 Å². The Morgan fingerprint density at radius 1 is 1.14 bits per heavy atom. The normalized spacial score (nSPS) is 10.6. The molecule has 0 amide bonds. The Morgan fingerprint density at radius 3 is 2.36 bits per heavy atom. The number of hydrogen-bond donors (Lipinski definition) is 0. The molecule has 0 saturated heterocycles. The number of aryl methyl sites for hydroxylation is 1. The van der Waals surface area contributed by atoms with E-state index in [1.54, 1.807) is 0 Å². The molecule has 0 unspecified atom stereocenters. The number of halogens is 3. The molecule has 3 heteroatoms. The highest BCUT2D eigenvalue weighted by Gasteiger charge is 2.10. The van der Waals surface area contributed by atoms with Crippen LogP contribution in [-0.2, 0) is 6.42 Å². The molecule has 78 valence electrons. The quantitative estimate of drug-likeness (QED) is 0.640. The Morgan fingerprint density at radius 2 is 1.79 bits per heavy atom. The van der Waals surface area contributed by atoms with Crippen molar-refractivity contribution in [1.82, 2.24) is 0 Å². The highest BCUT2D eigenvalue weighted by atomic mass is 35.5. The molecule has 0 aliphatic rings.